The molecule has 0 saturated carbocycles. The summed E-state index contributed by atoms with van der Waals surface area (Å²) in [5, 5.41) is 11.6. The van der Waals surface area contributed by atoms with Gasteiger partial charge in [0.15, 0.2) is 6.10 Å². The van der Waals surface area contributed by atoms with Crippen LogP contribution in [0.25, 0.3) is 0 Å². The number of nitriles is 1. The molecule has 0 fully saturated rings. The Hall–Kier alpha value is -3.33. The van der Waals surface area contributed by atoms with Gasteiger partial charge in [-0.3, -0.25) is 9.59 Å². The van der Waals surface area contributed by atoms with E-state index in [1.165, 1.54) is 6.92 Å². The molecule has 0 radical (unpaired) electrons. The topological polar surface area (TPSA) is 88.4 Å². The van der Waals surface area contributed by atoms with Crippen molar-refractivity contribution >= 4 is 17.6 Å². The molecule has 0 saturated heterocycles. The predicted octanol–water partition coefficient (Wildman–Crippen LogP) is 3.07. The Morgan fingerprint density at radius 3 is 2.58 bits per heavy atom. The summed E-state index contributed by atoms with van der Waals surface area (Å²) < 4.78 is 10.4. The van der Waals surface area contributed by atoms with Crippen LogP contribution in [0.2, 0.25) is 0 Å². The first-order valence-electron chi connectivity index (χ1n) is 8.16. The number of hydrogen-bond donors (Lipinski definition) is 1. The van der Waals surface area contributed by atoms with Gasteiger partial charge in [-0.25, -0.2) is 0 Å². The molecule has 0 aliphatic rings. The third kappa shape index (κ3) is 5.08. The lowest BCUT2D eigenvalue weighted by Crippen LogP contribution is -2.30. The summed E-state index contributed by atoms with van der Waals surface area (Å²) in [4.78, 5) is 24.2. The number of amides is 1. The van der Waals surface area contributed by atoms with Crippen LogP contribution in [0.4, 0.5) is 5.69 Å². The fourth-order valence-electron chi connectivity index (χ4n) is 2.38. The maximum atomic E-state index is 12.2. The molecule has 0 spiro atoms. The van der Waals surface area contributed by atoms with Crippen LogP contribution in [-0.2, 0) is 20.7 Å². The maximum absolute atomic E-state index is 12.2. The molecule has 6 heteroatoms. The highest BCUT2D eigenvalue weighted by Gasteiger charge is 2.19. The first-order valence-corrected chi connectivity index (χ1v) is 8.16. The summed E-state index contributed by atoms with van der Waals surface area (Å²) >= 11 is 0. The molecular formula is C20H20N2O4. The molecule has 0 aliphatic heterocycles. The molecule has 1 amide bonds. The average molecular weight is 352 g/mol. The number of rotatable bonds is 7. The van der Waals surface area contributed by atoms with Crippen molar-refractivity contribution in [1.29, 1.82) is 5.26 Å². The highest BCUT2D eigenvalue weighted by atomic mass is 16.5. The minimum Gasteiger partial charge on any atom is -0.496 e. The molecule has 1 unspecified atom stereocenters. The van der Waals surface area contributed by atoms with Crippen molar-refractivity contribution in [3.8, 4) is 11.8 Å². The maximum Gasteiger partial charge on any atom is 0.306 e. The Balaban J connectivity index is 1.88. The standard InChI is InChI=1S/C20H20N2O4/c1-14(20(24)22-17-9-5-3-8-16(17)13-21)26-19(23)12-11-15-7-4-6-10-18(15)25-2/h3-10,14H,11-12H2,1-2H3,(H,22,24). The van der Waals surface area contributed by atoms with Gasteiger partial charge >= 0.3 is 5.97 Å². The molecule has 0 aromatic heterocycles. The van der Waals surface area contributed by atoms with Crippen LogP contribution in [0.15, 0.2) is 48.5 Å². The second-order valence-corrected chi connectivity index (χ2v) is 5.59. The van der Waals surface area contributed by atoms with Crippen LogP contribution in [0.1, 0.15) is 24.5 Å². The van der Waals surface area contributed by atoms with Crippen molar-refractivity contribution in [2.75, 3.05) is 12.4 Å². The van der Waals surface area contributed by atoms with Crippen molar-refractivity contribution in [2.24, 2.45) is 0 Å². The van der Waals surface area contributed by atoms with E-state index in [-0.39, 0.29) is 6.42 Å². The first kappa shape index (κ1) is 19.0. The highest BCUT2D eigenvalue weighted by molar-refractivity contribution is 5.96. The van der Waals surface area contributed by atoms with Crippen LogP contribution < -0.4 is 10.1 Å². The van der Waals surface area contributed by atoms with Gasteiger partial charge in [0.1, 0.15) is 11.8 Å². The van der Waals surface area contributed by atoms with Crippen LogP contribution in [0, 0.1) is 11.3 Å². The van der Waals surface area contributed by atoms with Gasteiger partial charge in [-0.15, -0.1) is 0 Å². The second kappa shape index (κ2) is 9.23. The van der Waals surface area contributed by atoms with E-state index >= 15 is 0 Å². The van der Waals surface area contributed by atoms with Gasteiger partial charge in [0, 0.05) is 6.42 Å². The third-order valence-corrected chi connectivity index (χ3v) is 3.77. The number of carbonyl (C=O) groups is 2. The Kier molecular flexibility index (Phi) is 6.75. The van der Waals surface area contributed by atoms with E-state index in [0.717, 1.165) is 5.56 Å². The summed E-state index contributed by atoms with van der Waals surface area (Å²) in [7, 11) is 1.57. The molecule has 0 bridgehead atoms. The number of ether oxygens (including phenoxy) is 2. The van der Waals surface area contributed by atoms with E-state index in [1.54, 1.807) is 31.4 Å². The molecule has 6 nitrogen and oxygen atoms in total. The molecule has 2 aromatic rings. The van der Waals surface area contributed by atoms with Gasteiger partial charge in [-0.1, -0.05) is 30.3 Å². The highest BCUT2D eigenvalue weighted by Crippen LogP contribution is 2.19. The Bertz CT molecular complexity index is 827. The van der Waals surface area contributed by atoms with Gasteiger partial charge in [0.2, 0.25) is 0 Å². The fourth-order valence-corrected chi connectivity index (χ4v) is 2.38. The fraction of sp³-hybridized carbons (Fsp3) is 0.250. The summed E-state index contributed by atoms with van der Waals surface area (Å²) in [6, 6.07) is 16.0. The number of carbonyl (C=O) groups excluding carboxylic acids is 2. The zero-order chi connectivity index (χ0) is 18.9. The smallest absolute Gasteiger partial charge is 0.306 e. The number of hydrogen-bond acceptors (Lipinski definition) is 5. The number of anilines is 1. The Labute approximate surface area is 152 Å². The van der Waals surface area contributed by atoms with E-state index in [0.29, 0.717) is 23.4 Å². The number of methoxy groups -OCH3 is 1. The molecule has 0 aliphatic carbocycles. The van der Waals surface area contributed by atoms with Crippen LogP contribution in [-0.4, -0.2) is 25.1 Å². The normalized spacial score (nSPS) is 11.1. The number of esters is 1. The quantitative estimate of drug-likeness (QED) is 0.774. The molecular weight excluding hydrogens is 332 g/mol. The molecule has 1 atom stereocenters. The van der Waals surface area contributed by atoms with E-state index in [4.69, 9.17) is 14.7 Å². The van der Waals surface area contributed by atoms with Crippen LogP contribution in [0.5, 0.6) is 5.75 Å². The van der Waals surface area contributed by atoms with Gasteiger partial charge < -0.3 is 14.8 Å². The second-order valence-electron chi connectivity index (χ2n) is 5.59. The SMILES string of the molecule is COc1ccccc1CCC(=O)OC(C)C(=O)Nc1ccccc1C#N. The van der Waals surface area contributed by atoms with Gasteiger partial charge in [-0.2, -0.15) is 5.26 Å². The van der Waals surface area contributed by atoms with Crippen molar-refractivity contribution < 1.29 is 19.1 Å². The molecule has 2 rings (SSSR count). The van der Waals surface area contributed by atoms with E-state index in [2.05, 4.69) is 5.32 Å². The van der Waals surface area contributed by atoms with Crippen molar-refractivity contribution in [3.63, 3.8) is 0 Å². The van der Waals surface area contributed by atoms with Crippen molar-refractivity contribution in [1.82, 2.24) is 0 Å². The van der Waals surface area contributed by atoms with Crippen molar-refractivity contribution in [2.45, 2.75) is 25.9 Å². The molecule has 0 heterocycles. The van der Waals surface area contributed by atoms with E-state index in [9.17, 15) is 9.59 Å². The minimum absolute atomic E-state index is 0.132. The minimum atomic E-state index is -0.966. The number of nitrogens with one attached hydrogen (secondary N) is 1. The lowest BCUT2D eigenvalue weighted by Gasteiger charge is -2.14. The lowest BCUT2D eigenvalue weighted by atomic mass is 10.1. The molecule has 134 valence electrons. The van der Waals surface area contributed by atoms with E-state index < -0.39 is 18.0 Å². The molecule has 26 heavy (non-hydrogen) atoms. The zero-order valence-electron chi connectivity index (χ0n) is 14.7. The number of aryl methyl sites for hydroxylation is 1. The van der Waals surface area contributed by atoms with Gasteiger partial charge in [-0.05, 0) is 37.1 Å². The average Bonchev–Trinajstić information content (AvgIpc) is 2.66. The monoisotopic (exact) mass is 352 g/mol. The number of para-hydroxylation sites is 2. The molecule has 2 aromatic carbocycles. The van der Waals surface area contributed by atoms with Crippen molar-refractivity contribution in [3.05, 3.63) is 59.7 Å². The van der Waals surface area contributed by atoms with Gasteiger partial charge in [0.05, 0.1) is 18.4 Å². The largest absolute Gasteiger partial charge is 0.496 e. The Morgan fingerprint density at radius 2 is 1.85 bits per heavy atom. The van der Waals surface area contributed by atoms with Crippen LogP contribution in [0.3, 0.4) is 0 Å². The first-order chi connectivity index (χ1) is 12.5. The number of benzene rings is 2. The predicted molar refractivity (Wildman–Crippen MR) is 96.7 cm³/mol. The van der Waals surface area contributed by atoms with Gasteiger partial charge in [0.25, 0.3) is 5.91 Å². The third-order valence-electron chi connectivity index (χ3n) is 3.77. The summed E-state index contributed by atoms with van der Waals surface area (Å²) in [6.45, 7) is 1.49. The Morgan fingerprint density at radius 1 is 1.15 bits per heavy atom. The van der Waals surface area contributed by atoms with Crippen LogP contribution >= 0.6 is 0 Å². The number of nitrogens with zero attached hydrogens (tertiary/aromatic N) is 1. The summed E-state index contributed by atoms with van der Waals surface area (Å²) in [5.74, 6) is -0.260. The van der Waals surface area contributed by atoms with E-state index in [1.807, 2.05) is 30.3 Å². The summed E-state index contributed by atoms with van der Waals surface area (Å²) in [6.07, 6.45) is -0.381. The lowest BCUT2D eigenvalue weighted by molar-refractivity contribution is -0.153. The summed E-state index contributed by atoms with van der Waals surface area (Å²) in [5.41, 5.74) is 1.62. The zero-order valence-corrected chi connectivity index (χ0v) is 14.7. The molecule has 1 N–H and O–H groups in total.